The number of hydrogen-bond acceptors (Lipinski definition) is 3. The molecule has 1 aromatic rings. The maximum Gasteiger partial charge on any atom is 0.246 e. The Bertz CT molecular complexity index is 808. The van der Waals surface area contributed by atoms with Crippen molar-refractivity contribution in [2.75, 3.05) is 26.8 Å². The molecule has 4 rings (SSSR count). The summed E-state index contributed by atoms with van der Waals surface area (Å²) >= 11 is 0. The van der Waals surface area contributed by atoms with Gasteiger partial charge in [0.2, 0.25) is 11.8 Å². The van der Waals surface area contributed by atoms with Crippen molar-refractivity contribution >= 4 is 11.8 Å². The van der Waals surface area contributed by atoms with Crippen molar-refractivity contribution in [1.29, 1.82) is 0 Å². The van der Waals surface area contributed by atoms with Gasteiger partial charge in [-0.2, -0.15) is 0 Å². The molecule has 1 heterocycles. The van der Waals surface area contributed by atoms with Crippen LogP contribution in [0.15, 0.2) is 24.3 Å². The maximum atomic E-state index is 13.6. The predicted octanol–water partition coefficient (Wildman–Crippen LogP) is 3.60. The second-order valence-corrected chi connectivity index (χ2v) is 10.4. The number of fused-ring (bicyclic) bond motifs is 2. The van der Waals surface area contributed by atoms with Crippen molar-refractivity contribution < 1.29 is 14.3 Å². The number of likely N-dealkylation sites (tertiary alicyclic amines) is 1. The number of nitrogens with zero attached hydrogens (tertiary/aromatic N) is 1. The molecule has 1 aliphatic heterocycles. The molecular formula is C26H38N2O3. The highest BCUT2D eigenvalue weighted by molar-refractivity contribution is 5.92. The molecule has 1 saturated carbocycles. The van der Waals surface area contributed by atoms with Crippen LogP contribution in [0.1, 0.15) is 57.1 Å². The highest BCUT2D eigenvalue weighted by Gasteiger charge is 2.54. The summed E-state index contributed by atoms with van der Waals surface area (Å²) in [5.74, 6) is 2.19. The smallest absolute Gasteiger partial charge is 0.246 e. The number of methoxy groups -OCH3 is 1. The Hall–Kier alpha value is -1.88. The lowest BCUT2D eigenvalue weighted by molar-refractivity contribution is -0.149. The van der Waals surface area contributed by atoms with E-state index in [2.05, 4.69) is 43.4 Å². The summed E-state index contributed by atoms with van der Waals surface area (Å²) in [5, 5.41) is 3.10. The molecule has 2 fully saturated rings. The van der Waals surface area contributed by atoms with E-state index in [0.29, 0.717) is 43.2 Å². The third-order valence-corrected chi connectivity index (χ3v) is 7.82. The molecule has 2 amide bonds. The second kappa shape index (κ2) is 9.32. The zero-order valence-electron chi connectivity index (χ0n) is 19.4. The van der Waals surface area contributed by atoms with Crippen LogP contribution >= 0.6 is 0 Å². The molecule has 1 aromatic carbocycles. The van der Waals surface area contributed by atoms with Crippen LogP contribution in [0.3, 0.4) is 0 Å². The van der Waals surface area contributed by atoms with Gasteiger partial charge in [-0.05, 0) is 73.3 Å². The lowest BCUT2D eigenvalue weighted by atomic mass is 9.62. The summed E-state index contributed by atoms with van der Waals surface area (Å²) in [7, 11) is 1.65. The Labute approximate surface area is 186 Å². The van der Waals surface area contributed by atoms with E-state index < -0.39 is 5.54 Å². The van der Waals surface area contributed by atoms with Gasteiger partial charge in [-0.3, -0.25) is 9.59 Å². The van der Waals surface area contributed by atoms with E-state index in [-0.39, 0.29) is 11.8 Å². The van der Waals surface area contributed by atoms with Crippen molar-refractivity contribution in [3.05, 3.63) is 35.4 Å². The Morgan fingerprint density at radius 1 is 1.19 bits per heavy atom. The number of carbonyl (C=O) groups is 2. The summed E-state index contributed by atoms with van der Waals surface area (Å²) in [5.41, 5.74) is 2.18. The highest BCUT2D eigenvalue weighted by Crippen LogP contribution is 2.47. The van der Waals surface area contributed by atoms with Crippen LogP contribution in [0, 0.1) is 23.7 Å². The molecule has 5 heteroatoms. The molecule has 0 spiro atoms. The highest BCUT2D eigenvalue weighted by atomic mass is 16.5. The SMILES string of the molecule is COCCNC(=O)[C@]1(N2C[C@@H](CC(C)C)CC2=O)CC[C@@H]2Cc3ccccc3C[C@@H]2C1. The van der Waals surface area contributed by atoms with Gasteiger partial charge in [0.25, 0.3) is 0 Å². The van der Waals surface area contributed by atoms with E-state index in [1.54, 1.807) is 7.11 Å². The van der Waals surface area contributed by atoms with Crippen molar-refractivity contribution in [2.45, 2.75) is 64.3 Å². The fourth-order valence-electron chi connectivity index (χ4n) is 6.42. The van der Waals surface area contributed by atoms with Crippen LogP contribution in [0.4, 0.5) is 0 Å². The van der Waals surface area contributed by atoms with E-state index >= 15 is 0 Å². The van der Waals surface area contributed by atoms with Gasteiger partial charge in [0.05, 0.1) is 6.61 Å². The van der Waals surface area contributed by atoms with Crippen LogP contribution in [-0.2, 0) is 27.2 Å². The number of carbonyl (C=O) groups excluding carboxylic acids is 2. The van der Waals surface area contributed by atoms with Gasteiger partial charge in [-0.25, -0.2) is 0 Å². The van der Waals surface area contributed by atoms with Crippen molar-refractivity contribution in [3.63, 3.8) is 0 Å². The molecule has 0 radical (unpaired) electrons. The summed E-state index contributed by atoms with van der Waals surface area (Å²) in [6.45, 7) is 6.13. The second-order valence-electron chi connectivity index (χ2n) is 10.4. The van der Waals surface area contributed by atoms with E-state index in [4.69, 9.17) is 4.74 Å². The van der Waals surface area contributed by atoms with Crippen molar-refractivity contribution in [2.24, 2.45) is 23.7 Å². The molecule has 1 saturated heterocycles. The lowest BCUT2D eigenvalue weighted by Crippen LogP contribution is -2.63. The minimum absolute atomic E-state index is 0.0282. The minimum Gasteiger partial charge on any atom is -0.383 e. The number of benzene rings is 1. The predicted molar refractivity (Wildman–Crippen MR) is 122 cm³/mol. The Balaban J connectivity index is 1.58. The average molecular weight is 427 g/mol. The zero-order valence-corrected chi connectivity index (χ0v) is 19.4. The van der Waals surface area contributed by atoms with Gasteiger partial charge in [-0.15, -0.1) is 0 Å². The maximum absolute atomic E-state index is 13.6. The summed E-state index contributed by atoms with van der Waals surface area (Å²) in [6.07, 6.45) is 6.32. The van der Waals surface area contributed by atoms with Gasteiger partial charge in [0.15, 0.2) is 0 Å². The summed E-state index contributed by atoms with van der Waals surface area (Å²) in [6, 6.07) is 8.74. The Morgan fingerprint density at radius 3 is 2.58 bits per heavy atom. The third-order valence-electron chi connectivity index (χ3n) is 7.82. The normalized spacial score (nSPS) is 30.3. The molecule has 5 nitrogen and oxygen atoms in total. The quantitative estimate of drug-likeness (QED) is 0.678. The molecule has 2 aliphatic carbocycles. The zero-order chi connectivity index (χ0) is 22.0. The monoisotopic (exact) mass is 426 g/mol. The Kier molecular flexibility index (Phi) is 6.71. The molecule has 3 aliphatic rings. The Morgan fingerprint density at radius 2 is 1.90 bits per heavy atom. The van der Waals surface area contributed by atoms with E-state index in [1.165, 1.54) is 11.1 Å². The largest absolute Gasteiger partial charge is 0.383 e. The minimum atomic E-state index is -0.704. The lowest BCUT2D eigenvalue weighted by Gasteiger charge is -2.50. The number of rotatable bonds is 7. The van der Waals surface area contributed by atoms with Gasteiger partial charge >= 0.3 is 0 Å². The van der Waals surface area contributed by atoms with Crippen LogP contribution < -0.4 is 5.32 Å². The topological polar surface area (TPSA) is 58.6 Å². The van der Waals surface area contributed by atoms with Crippen LogP contribution in [0.2, 0.25) is 0 Å². The molecule has 1 N–H and O–H groups in total. The van der Waals surface area contributed by atoms with E-state index in [9.17, 15) is 9.59 Å². The molecule has 0 bridgehead atoms. The van der Waals surface area contributed by atoms with E-state index in [1.807, 2.05) is 4.90 Å². The summed E-state index contributed by atoms with van der Waals surface area (Å²) in [4.78, 5) is 28.8. The fraction of sp³-hybridized carbons (Fsp3) is 0.692. The first kappa shape index (κ1) is 22.3. The number of nitrogens with one attached hydrogen (secondary N) is 1. The number of amides is 2. The third kappa shape index (κ3) is 4.52. The molecular weight excluding hydrogens is 388 g/mol. The van der Waals surface area contributed by atoms with Crippen molar-refractivity contribution in [1.82, 2.24) is 10.2 Å². The first-order valence-corrected chi connectivity index (χ1v) is 12.1. The van der Waals surface area contributed by atoms with Gasteiger partial charge < -0.3 is 15.0 Å². The van der Waals surface area contributed by atoms with Crippen LogP contribution in [-0.4, -0.2) is 49.1 Å². The molecule has 31 heavy (non-hydrogen) atoms. The number of ether oxygens (including phenoxy) is 1. The van der Waals surface area contributed by atoms with E-state index in [0.717, 1.165) is 45.1 Å². The summed E-state index contributed by atoms with van der Waals surface area (Å²) < 4.78 is 5.15. The van der Waals surface area contributed by atoms with Crippen molar-refractivity contribution in [3.8, 4) is 0 Å². The molecule has 0 unspecified atom stereocenters. The van der Waals surface area contributed by atoms with Crippen LogP contribution in [0.25, 0.3) is 0 Å². The number of hydrogen-bond donors (Lipinski definition) is 1. The average Bonchev–Trinajstić information content (AvgIpc) is 3.11. The van der Waals surface area contributed by atoms with Gasteiger partial charge in [0.1, 0.15) is 5.54 Å². The first-order chi connectivity index (χ1) is 14.9. The standard InChI is InChI=1S/C26H38N2O3/c1-18(2)12-19-13-24(29)28(17-19)26(25(30)27-10-11-31-3)9-8-22-14-20-6-4-5-7-21(20)15-23(22)16-26/h4-7,18-19,22-23H,8-17H2,1-3H3,(H,27,30)/t19-,22+,23+,26-/m0/s1. The van der Waals surface area contributed by atoms with Gasteiger partial charge in [-0.1, -0.05) is 38.1 Å². The van der Waals surface area contributed by atoms with Crippen LogP contribution in [0.5, 0.6) is 0 Å². The van der Waals surface area contributed by atoms with Gasteiger partial charge in [0, 0.05) is 26.6 Å². The molecule has 0 aromatic heterocycles. The fourth-order valence-corrected chi connectivity index (χ4v) is 6.42. The molecule has 4 atom stereocenters. The molecule has 170 valence electrons. The first-order valence-electron chi connectivity index (χ1n) is 12.1.